The van der Waals surface area contributed by atoms with Crippen LogP contribution in [0, 0.1) is 0 Å². The summed E-state index contributed by atoms with van der Waals surface area (Å²) in [5, 5.41) is 2.67. The number of halogens is 1. The molecule has 0 spiro atoms. The molecule has 0 aliphatic rings. The van der Waals surface area contributed by atoms with Crippen LogP contribution in [0.4, 0.5) is 0 Å². The number of methoxy groups -OCH3 is 1. The Balaban J connectivity index is 2.77. The fourth-order valence-electron chi connectivity index (χ4n) is 1.21. The van der Waals surface area contributed by atoms with Gasteiger partial charge in [-0.15, -0.1) is 0 Å². The highest BCUT2D eigenvalue weighted by atomic mass is 35.5. The van der Waals surface area contributed by atoms with Gasteiger partial charge >= 0.3 is 0 Å². The molecule has 0 unspecified atom stereocenters. The number of amides is 2. The number of rotatable bonds is 3. The van der Waals surface area contributed by atoms with Gasteiger partial charge in [0.1, 0.15) is 11.8 Å². The van der Waals surface area contributed by atoms with Crippen molar-refractivity contribution in [3.8, 4) is 0 Å². The van der Waals surface area contributed by atoms with Gasteiger partial charge in [0, 0.05) is 27.4 Å². The van der Waals surface area contributed by atoms with Crippen LogP contribution in [0.15, 0.2) is 18.3 Å². The number of ether oxygens (including phenoxy) is 1. The van der Waals surface area contributed by atoms with Gasteiger partial charge in [-0.05, 0) is 12.1 Å². The first-order chi connectivity index (χ1) is 8.47. The Morgan fingerprint density at radius 3 is 2.50 bits per heavy atom. The molecule has 0 fully saturated rings. The quantitative estimate of drug-likeness (QED) is 0.603. The van der Waals surface area contributed by atoms with E-state index < -0.39 is 0 Å². The molecule has 0 atom stereocenters. The summed E-state index contributed by atoms with van der Waals surface area (Å²) in [5.74, 6) is -0.679. The Labute approximate surface area is 110 Å². The summed E-state index contributed by atoms with van der Waals surface area (Å²) < 4.78 is 4.72. The molecule has 0 radical (unpaired) electrons. The first-order valence-electron chi connectivity index (χ1n) is 5.12. The van der Waals surface area contributed by atoms with Gasteiger partial charge in [-0.1, -0.05) is 11.6 Å². The SMILES string of the molecule is COCC(=O)N(C)N(C)C(=O)c1ccc(Cl)nc1. The molecule has 7 heteroatoms. The number of nitrogens with zero attached hydrogens (tertiary/aromatic N) is 3. The van der Waals surface area contributed by atoms with E-state index in [-0.39, 0.29) is 18.4 Å². The molecule has 18 heavy (non-hydrogen) atoms. The van der Waals surface area contributed by atoms with E-state index in [4.69, 9.17) is 16.3 Å². The highest BCUT2D eigenvalue weighted by Crippen LogP contribution is 2.08. The lowest BCUT2D eigenvalue weighted by Gasteiger charge is -2.27. The third kappa shape index (κ3) is 3.41. The number of likely N-dealkylation sites (N-methyl/N-ethyl adjacent to an activating group) is 1. The largest absolute Gasteiger partial charge is 0.375 e. The van der Waals surface area contributed by atoms with Crippen molar-refractivity contribution in [1.82, 2.24) is 15.0 Å². The zero-order valence-electron chi connectivity index (χ0n) is 10.4. The van der Waals surface area contributed by atoms with E-state index in [0.29, 0.717) is 10.7 Å². The van der Waals surface area contributed by atoms with Gasteiger partial charge in [0.15, 0.2) is 0 Å². The van der Waals surface area contributed by atoms with Crippen molar-refractivity contribution in [2.24, 2.45) is 0 Å². The molecule has 1 heterocycles. The predicted molar refractivity (Wildman–Crippen MR) is 66.0 cm³/mol. The minimum absolute atomic E-state index is 0.0903. The molecule has 6 nitrogen and oxygen atoms in total. The van der Waals surface area contributed by atoms with E-state index in [1.165, 1.54) is 43.5 Å². The molecule has 0 aliphatic carbocycles. The van der Waals surface area contributed by atoms with Crippen molar-refractivity contribution in [3.63, 3.8) is 0 Å². The highest BCUT2D eigenvalue weighted by molar-refractivity contribution is 6.29. The standard InChI is InChI=1S/C11H14ClN3O3/c1-14(10(16)7-18-3)15(2)11(17)8-4-5-9(12)13-6-8/h4-6H,7H2,1-3H3. The number of aromatic nitrogens is 1. The summed E-state index contributed by atoms with van der Waals surface area (Å²) in [6, 6.07) is 3.06. The van der Waals surface area contributed by atoms with Crippen molar-refractivity contribution in [2.75, 3.05) is 27.8 Å². The van der Waals surface area contributed by atoms with Crippen LogP contribution in [0.25, 0.3) is 0 Å². The Hall–Kier alpha value is -1.66. The number of hydrazine groups is 1. The maximum absolute atomic E-state index is 12.0. The smallest absolute Gasteiger partial charge is 0.273 e. The Morgan fingerprint density at radius 2 is 2.00 bits per heavy atom. The maximum atomic E-state index is 12.0. The second-order valence-electron chi connectivity index (χ2n) is 3.55. The van der Waals surface area contributed by atoms with Crippen molar-refractivity contribution in [3.05, 3.63) is 29.0 Å². The molecule has 0 aromatic carbocycles. The van der Waals surface area contributed by atoms with Gasteiger partial charge in [-0.25, -0.2) is 4.98 Å². The number of hydrogen-bond donors (Lipinski definition) is 0. The van der Waals surface area contributed by atoms with Crippen LogP contribution < -0.4 is 0 Å². The highest BCUT2D eigenvalue weighted by Gasteiger charge is 2.20. The molecule has 0 N–H and O–H groups in total. The maximum Gasteiger partial charge on any atom is 0.273 e. The van der Waals surface area contributed by atoms with E-state index in [2.05, 4.69) is 4.98 Å². The zero-order valence-corrected chi connectivity index (χ0v) is 11.1. The zero-order chi connectivity index (χ0) is 13.7. The molecule has 0 saturated heterocycles. The molecule has 0 aliphatic heterocycles. The molecular weight excluding hydrogens is 258 g/mol. The van der Waals surface area contributed by atoms with E-state index in [0.717, 1.165) is 0 Å². The lowest BCUT2D eigenvalue weighted by Crippen LogP contribution is -2.46. The van der Waals surface area contributed by atoms with E-state index in [1.807, 2.05) is 0 Å². The Morgan fingerprint density at radius 1 is 1.33 bits per heavy atom. The summed E-state index contributed by atoms with van der Waals surface area (Å²) in [4.78, 5) is 27.4. The summed E-state index contributed by atoms with van der Waals surface area (Å²) in [7, 11) is 4.39. The van der Waals surface area contributed by atoms with Crippen LogP contribution in [0.1, 0.15) is 10.4 Å². The third-order valence-electron chi connectivity index (χ3n) is 2.35. The topological polar surface area (TPSA) is 62.7 Å². The van der Waals surface area contributed by atoms with Crippen LogP contribution in [0.3, 0.4) is 0 Å². The minimum Gasteiger partial charge on any atom is -0.375 e. The molecule has 1 aromatic heterocycles. The first-order valence-corrected chi connectivity index (χ1v) is 5.50. The number of carbonyl (C=O) groups is 2. The molecular formula is C11H14ClN3O3. The van der Waals surface area contributed by atoms with Crippen LogP contribution in [0.2, 0.25) is 5.15 Å². The van der Waals surface area contributed by atoms with Gasteiger partial charge in [-0.3, -0.25) is 19.6 Å². The van der Waals surface area contributed by atoms with Crippen molar-refractivity contribution >= 4 is 23.4 Å². The lowest BCUT2D eigenvalue weighted by molar-refractivity contribution is -0.144. The third-order valence-corrected chi connectivity index (χ3v) is 2.57. The van der Waals surface area contributed by atoms with Gasteiger partial charge in [0.05, 0.1) is 5.56 Å². The lowest BCUT2D eigenvalue weighted by atomic mass is 10.3. The summed E-state index contributed by atoms with van der Waals surface area (Å²) in [6.45, 7) is -0.0903. The van der Waals surface area contributed by atoms with Crippen LogP contribution in [0.5, 0.6) is 0 Å². The van der Waals surface area contributed by atoms with Gasteiger partial charge in [-0.2, -0.15) is 0 Å². The van der Waals surface area contributed by atoms with Crippen molar-refractivity contribution in [2.45, 2.75) is 0 Å². The number of hydrogen-bond acceptors (Lipinski definition) is 4. The molecule has 2 amide bonds. The first kappa shape index (κ1) is 14.4. The molecule has 1 aromatic rings. The molecule has 0 bridgehead atoms. The number of pyridine rings is 1. The predicted octanol–water partition coefficient (Wildman–Crippen LogP) is 0.827. The van der Waals surface area contributed by atoms with E-state index >= 15 is 0 Å². The molecule has 0 saturated carbocycles. The normalized spacial score (nSPS) is 10.0. The molecule has 98 valence electrons. The molecule has 1 rings (SSSR count). The van der Waals surface area contributed by atoms with Crippen LogP contribution in [-0.2, 0) is 9.53 Å². The van der Waals surface area contributed by atoms with E-state index in [1.54, 1.807) is 6.07 Å². The van der Waals surface area contributed by atoms with Crippen molar-refractivity contribution in [1.29, 1.82) is 0 Å². The summed E-state index contributed by atoms with van der Waals surface area (Å²) >= 11 is 5.63. The van der Waals surface area contributed by atoms with Gasteiger partial charge in [0.2, 0.25) is 0 Å². The Bertz CT molecular complexity index is 436. The van der Waals surface area contributed by atoms with Crippen molar-refractivity contribution < 1.29 is 14.3 Å². The minimum atomic E-state index is -0.355. The second-order valence-corrected chi connectivity index (χ2v) is 3.94. The fourth-order valence-corrected chi connectivity index (χ4v) is 1.32. The summed E-state index contributed by atoms with van der Waals surface area (Å²) in [6.07, 6.45) is 1.36. The summed E-state index contributed by atoms with van der Waals surface area (Å²) in [5.41, 5.74) is 0.346. The monoisotopic (exact) mass is 271 g/mol. The second kappa shape index (κ2) is 6.32. The van der Waals surface area contributed by atoms with Gasteiger partial charge in [0.25, 0.3) is 11.8 Å². The van der Waals surface area contributed by atoms with Gasteiger partial charge < -0.3 is 4.74 Å². The van der Waals surface area contributed by atoms with Crippen LogP contribution in [-0.4, -0.2) is 54.6 Å². The average molecular weight is 272 g/mol. The number of carbonyl (C=O) groups excluding carboxylic acids is 2. The Kier molecular flexibility index (Phi) is 5.06. The van der Waals surface area contributed by atoms with Crippen LogP contribution >= 0.6 is 11.6 Å². The fraction of sp³-hybridized carbons (Fsp3) is 0.364. The average Bonchev–Trinajstić information content (AvgIpc) is 2.37. The van der Waals surface area contributed by atoms with E-state index in [9.17, 15) is 9.59 Å².